The van der Waals surface area contributed by atoms with Gasteiger partial charge in [-0.1, -0.05) is 71.8 Å². The van der Waals surface area contributed by atoms with E-state index in [4.69, 9.17) is 4.42 Å². The van der Waals surface area contributed by atoms with Crippen molar-refractivity contribution in [2.45, 2.75) is 13.8 Å². The molecule has 0 radical (unpaired) electrons. The van der Waals surface area contributed by atoms with Crippen molar-refractivity contribution in [3.63, 3.8) is 0 Å². The van der Waals surface area contributed by atoms with Crippen LogP contribution >= 0.6 is 0 Å². The molecule has 0 N–H and O–H groups in total. The van der Waals surface area contributed by atoms with Gasteiger partial charge in [-0.15, -0.1) is 0 Å². The van der Waals surface area contributed by atoms with Gasteiger partial charge in [0, 0.05) is 50.1 Å². The summed E-state index contributed by atoms with van der Waals surface area (Å²) in [6.45, 7) is 4.24. The number of aryl methyl sites for hydroxylation is 2. The molecule has 5 nitrogen and oxygen atoms in total. The second-order valence-electron chi connectivity index (χ2n) is 14.5. The lowest BCUT2D eigenvalue weighted by molar-refractivity contribution is 0.673. The minimum atomic E-state index is 0.595. The quantitative estimate of drug-likeness (QED) is 0.183. The number of furan rings is 1. The number of nitrogens with zero attached hydrogens (tertiary/aromatic N) is 4. The molecule has 0 spiro atoms. The number of benzene rings is 7. The molecule has 0 atom stereocenters. The highest BCUT2D eigenvalue weighted by Crippen LogP contribution is 2.42. The van der Waals surface area contributed by atoms with Crippen molar-refractivity contribution in [2.24, 2.45) is 0 Å². The van der Waals surface area contributed by atoms with Crippen LogP contribution in [0.2, 0.25) is 0 Å². The van der Waals surface area contributed by atoms with E-state index in [0.717, 1.165) is 88.5 Å². The van der Waals surface area contributed by atoms with E-state index < -0.39 is 0 Å². The van der Waals surface area contributed by atoms with Gasteiger partial charge in [0.05, 0.1) is 44.8 Å². The largest absolute Gasteiger partial charge is 0.455 e. The van der Waals surface area contributed by atoms with Gasteiger partial charge >= 0.3 is 0 Å². The zero-order chi connectivity index (χ0) is 36.8. The lowest BCUT2D eigenvalue weighted by Crippen LogP contribution is -1.97. The van der Waals surface area contributed by atoms with E-state index in [2.05, 4.69) is 155 Å². The zero-order valence-electron chi connectivity index (χ0n) is 30.2. The van der Waals surface area contributed by atoms with Crippen molar-refractivity contribution >= 4 is 65.6 Å². The van der Waals surface area contributed by atoms with Gasteiger partial charge in [0.25, 0.3) is 0 Å². The summed E-state index contributed by atoms with van der Waals surface area (Å²) < 4.78 is 11.2. The lowest BCUT2D eigenvalue weighted by Gasteiger charge is -2.14. The fraction of sp³-hybridized carbons (Fsp3) is 0.0400. The van der Waals surface area contributed by atoms with Crippen molar-refractivity contribution in [1.82, 2.24) is 14.1 Å². The van der Waals surface area contributed by atoms with Gasteiger partial charge in [0.2, 0.25) is 0 Å². The van der Waals surface area contributed by atoms with Gasteiger partial charge in [-0.3, -0.25) is 4.98 Å². The van der Waals surface area contributed by atoms with E-state index in [1.54, 1.807) is 0 Å². The van der Waals surface area contributed by atoms with Crippen LogP contribution in [-0.4, -0.2) is 14.1 Å². The van der Waals surface area contributed by atoms with Crippen LogP contribution in [0.25, 0.3) is 99.3 Å². The molecule has 0 aliphatic carbocycles. The molecule has 11 rings (SSSR count). The number of fused-ring (bicyclic) bond motifs is 10. The minimum Gasteiger partial charge on any atom is -0.455 e. The Morgan fingerprint density at radius 2 is 1.25 bits per heavy atom. The maximum absolute atomic E-state index is 10.4. The molecule has 0 bridgehead atoms. The Labute approximate surface area is 316 Å². The Morgan fingerprint density at radius 1 is 0.509 bits per heavy atom. The summed E-state index contributed by atoms with van der Waals surface area (Å²) in [7, 11) is 0. The van der Waals surface area contributed by atoms with E-state index in [-0.39, 0.29) is 0 Å². The van der Waals surface area contributed by atoms with Crippen LogP contribution in [0, 0.1) is 25.2 Å². The first kappa shape index (κ1) is 31.1. The standard InChI is InChI=1S/C50H32N4O/c1-30-13-18-45-42(23-30)49-46(19-17-40-41-22-31(2)14-20-48(41)55-50(40)49)54(45)37-25-32(29-51)24-35(27-37)33-8-7-9-36(26-33)53-44-12-4-3-10-38(44)39-16-15-34(28-47(39)53)43-11-5-6-21-52-43/h3-28H,1-2H3. The average molecular weight is 705 g/mol. The second-order valence-corrected chi connectivity index (χ2v) is 14.5. The molecule has 0 saturated carbocycles. The molecule has 5 heteroatoms. The number of para-hydroxylation sites is 1. The topological polar surface area (TPSA) is 59.7 Å². The van der Waals surface area contributed by atoms with Crippen LogP contribution < -0.4 is 0 Å². The van der Waals surface area contributed by atoms with Crippen molar-refractivity contribution in [3.05, 3.63) is 175 Å². The van der Waals surface area contributed by atoms with Crippen LogP contribution in [0.5, 0.6) is 0 Å². The molecule has 11 aromatic rings. The van der Waals surface area contributed by atoms with Crippen LogP contribution in [0.15, 0.2) is 162 Å². The van der Waals surface area contributed by atoms with Crippen molar-refractivity contribution < 1.29 is 4.42 Å². The molecule has 0 aliphatic heterocycles. The lowest BCUT2D eigenvalue weighted by atomic mass is 10.0. The number of hydrogen-bond acceptors (Lipinski definition) is 3. The molecule has 258 valence electrons. The molecule has 7 aromatic carbocycles. The van der Waals surface area contributed by atoms with Gasteiger partial charge in [-0.2, -0.15) is 5.26 Å². The van der Waals surface area contributed by atoms with E-state index in [1.165, 1.54) is 21.9 Å². The summed E-state index contributed by atoms with van der Waals surface area (Å²) in [5.74, 6) is 0. The van der Waals surface area contributed by atoms with Crippen molar-refractivity contribution in [3.8, 4) is 39.8 Å². The highest BCUT2D eigenvalue weighted by Gasteiger charge is 2.20. The van der Waals surface area contributed by atoms with Crippen molar-refractivity contribution in [1.29, 1.82) is 5.26 Å². The van der Waals surface area contributed by atoms with Gasteiger partial charge < -0.3 is 13.6 Å². The molecule has 0 aliphatic rings. The SMILES string of the molecule is Cc1ccc2oc3c(ccc4c3c3cc(C)ccc3n4-c3cc(C#N)cc(-c4cccc(-n5c6ccccc6c6ccc(-c7ccccn7)cc65)c4)c3)c2c1. The number of rotatable bonds is 4. The van der Waals surface area contributed by atoms with Gasteiger partial charge in [-0.25, -0.2) is 0 Å². The maximum Gasteiger partial charge on any atom is 0.145 e. The molecule has 0 unspecified atom stereocenters. The predicted octanol–water partition coefficient (Wildman–Crippen LogP) is 13.0. The Morgan fingerprint density at radius 3 is 2.13 bits per heavy atom. The third-order valence-corrected chi connectivity index (χ3v) is 11.1. The summed E-state index contributed by atoms with van der Waals surface area (Å²) in [6.07, 6.45) is 1.84. The number of pyridine rings is 1. The minimum absolute atomic E-state index is 0.595. The fourth-order valence-electron chi connectivity index (χ4n) is 8.58. The van der Waals surface area contributed by atoms with E-state index in [1.807, 2.05) is 36.5 Å². The summed E-state index contributed by atoms with van der Waals surface area (Å²) >= 11 is 0. The van der Waals surface area contributed by atoms with E-state index >= 15 is 0 Å². The average Bonchev–Trinajstić information content (AvgIpc) is 3.88. The predicted molar refractivity (Wildman–Crippen MR) is 225 cm³/mol. The van der Waals surface area contributed by atoms with Gasteiger partial charge in [0.1, 0.15) is 11.2 Å². The summed E-state index contributed by atoms with van der Waals surface area (Å²) in [4.78, 5) is 4.64. The third-order valence-electron chi connectivity index (χ3n) is 11.1. The number of hydrogen-bond donors (Lipinski definition) is 0. The van der Waals surface area contributed by atoms with E-state index in [0.29, 0.717) is 5.56 Å². The molecule has 0 saturated heterocycles. The molecule has 55 heavy (non-hydrogen) atoms. The monoisotopic (exact) mass is 704 g/mol. The highest BCUT2D eigenvalue weighted by molar-refractivity contribution is 6.24. The van der Waals surface area contributed by atoms with E-state index in [9.17, 15) is 5.26 Å². The third kappa shape index (κ3) is 4.75. The van der Waals surface area contributed by atoms with Crippen LogP contribution in [0.1, 0.15) is 16.7 Å². The second kappa shape index (κ2) is 11.8. The first-order valence-electron chi connectivity index (χ1n) is 18.5. The summed E-state index contributed by atoms with van der Waals surface area (Å²) in [5.41, 5.74) is 15.0. The van der Waals surface area contributed by atoms with Gasteiger partial charge in [0.15, 0.2) is 0 Å². The molecule has 4 aromatic heterocycles. The normalized spacial score (nSPS) is 11.8. The summed E-state index contributed by atoms with van der Waals surface area (Å²) in [5, 5.41) is 17.2. The Balaban J connectivity index is 1.12. The summed E-state index contributed by atoms with van der Waals surface area (Å²) in [6, 6.07) is 55.8. The first-order chi connectivity index (χ1) is 27.0. The maximum atomic E-state index is 10.4. The molecule has 4 heterocycles. The first-order valence-corrected chi connectivity index (χ1v) is 18.5. The smallest absolute Gasteiger partial charge is 0.145 e. The fourth-order valence-corrected chi connectivity index (χ4v) is 8.58. The van der Waals surface area contributed by atoms with Crippen LogP contribution in [0.4, 0.5) is 0 Å². The molecular formula is C50H32N4O. The highest BCUT2D eigenvalue weighted by atomic mass is 16.3. The Hall–Kier alpha value is -7.42. The van der Waals surface area contributed by atoms with Crippen molar-refractivity contribution in [2.75, 3.05) is 0 Å². The molecule has 0 fully saturated rings. The van der Waals surface area contributed by atoms with Crippen LogP contribution in [0.3, 0.4) is 0 Å². The molecular weight excluding hydrogens is 673 g/mol. The van der Waals surface area contributed by atoms with Gasteiger partial charge in [-0.05, 0) is 116 Å². The Bertz CT molecular complexity index is 3410. The zero-order valence-corrected chi connectivity index (χ0v) is 30.2. The number of nitriles is 1. The number of aromatic nitrogens is 3. The Kier molecular flexibility index (Phi) is 6.68. The molecule has 0 amide bonds. The van der Waals surface area contributed by atoms with Crippen LogP contribution in [-0.2, 0) is 0 Å².